The van der Waals surface area contributed by atoms with E-state index in [1.54, 1.807) is 12.1 Å². The zero-order valence-electron chi connectivity index (χ0n) is 10.8. The van der Waals surface area contributed by atoms with Crippen LogP contribution in [0.1, 0.15) is 24.4 Å². The Morgan fingerprint density at radius 2 is 1.84 bits per heavy atom. The fraction of sp³-hybridized carbons (Fsp3) is 0.429. The number of methoxy groups -OCH3 is 1. The van der Waals surface area contributed by atoms with Crippen LogP contribution in [0.15, 0.2) is 24.3 Å². The maximum absolute atomic E-state index is 13.0. The van der Waals surface area contributed by atoms with E-state index in [0.29, 0.717) is 31.5 Å². The molecule has 0 N–H and O–H groups in total. The number of Topliss-reactive ketones (excluding diaryl/α,β-unsaturated/α-hetero) is 1. The number of likely N-dealkylation sites (tertiary alicyclic amines) is 1. The Balaban J connectivity index is 2.23. The summed E-state index contributed by atoms with van der Waals surface area (Å²) in [4.78, 5) is 25.1. The molecule has 1 fully saturated rings. The normalized spacial score (nSPS) is 18.1. The summed E-state index contributed by atoms with van der Waals surface area (Å²) < 4.78 is 17.8. The number of halogens is 1. The third-order valence-electron chi connectivity index (χ3n) is 3.33. The number of ketones is 1. The van der Waals surface area contributed by atoms with Crippen molar-refractivity contribution in [1.29, 1.82) is 0 Å². The summed E-state index contributed by atoms with van der Waals surface area (Å²) in [6.45, 7) is 1.05. The van der Waals surface area contributed by atoms with Crippen molar-refractivity contribution in [3.8, 4) is 0 Å². The minimum atomic E-state index is -0.571. The molecule has 4 nitrogen and oxygen atoms in total. The van der Waals surface area contributed by atoms with Gasteiger partial charge in [-0.05, 0) is 17.7 Å². The lowest BCUT2D eigenvalue weighted by atomic mass is 10.0. The predicted molar refractivity (Wildman–Crippen MR) is 67.0 cm³/mol. The quantitative estimate of drug-likeness (QED) is 0.780. The van der Waals surface area contributed by atoms with Gasteiger partial charge in [0.2, 0.25) is 0 Å². The van der Waals surface area contributed by atoms with Gasteiger partial charge in [-0.2, -0.15) is 0 Å². The van der Waals surface area contributed by atoms with Gasteiger partial charge in [0.15, 0.2) is 0 Å². The van der Waals surface area contributed by atoms with E-state index in [9.17, 15) is 14.0 Å². The van der Waals surface area contributed by atoms with E-state index >= 15 is 0 Å². The Hall–Kier alpha value is -1.75. The number of esters is 1. The second kappa shape index (κ2) is 5.93. The molecular formula is C14H16FNO3. The number of hydrogen-bond donors (Lipinski definition) is 0. The van der Waals surface area contributed by atoms with E-state index < -0.39 is 6.04 Å². The summed E-state index contributed by atoms with van der Waals surface area (Å²) in [5.41, 5.74) is 0.683. The van der Waals surface area contributed by atoms with Crippen LogP contribution in [-0.4, -0.2) is 36.9 Å². The van der Waals surface area contributed by atoms with Crippen LogP contribution in [-0.2, 0) is 14.3 Å². The molecule has 1 heterocycles. The van der Waals surface area contributed by atoms with Gasteiger partial charge in [-0.3, -0.25) is 9.69 Å². The average molecular weight is 265 g/mol. The summed E-state index contributed by atoms with van der Waals surface area (Å²) in [5.74, 6) is -0.527. The largest absolute Gasteiger partial charge is 0.468 e. The van der Waals surface area contributed by atoms with Gasteiger partial charge in [-0.15, -0.1) is 0 Å². The van der Waals surface area contributed by atoms with Gasteiger partial charge < -0.3 is 4.74 Å². The zero-order chi connectivity index (χ0) is 13.8. The zero-order valence-corrected chi connectivity index (χ0v) is 10.8. The van der Waals surface area contributed by atoms with Gasteiger partial charge in [0, 0.05) is 25.9 Å². The van der Waals surface area contributed by atoms with Gasteiger partial charge in [0.1, 0.15) is 17.6 Å². The Bertz CT molecular complexity index is 462. The highest BCUT2D eigenvalue weighted by molar-refractivity contribution is 5.81. The van der Waals surface area contributed by atoms with Crippen molar-refractivity contribution in [3.63, 3.8) is 0 Å². The van der Waals surface area contributed by atoms with Crippen LogP contribution in [0.4, 0.5) is 4.39 Å². The fourth-order valence-corrected chi connectivity index (χ4v) is 2.28. The smallest absolute Gasteiger partial charge is 0.327 e. The van der Waals surface area contributed by atoms with Gasteiger partial charge in [-0.25, -0.2) is 9.18 Å². The minimum absolute atomic E-state index is 0.207. The number of ether oxygens (including phenoxy) is 1. The molecule has 0 aromatic heterocycles. The highest BCUT2D eigenvalue weighted by Crippen LogP contribution is 2.25. The van der Waals surface area contributed by atoms with Crippen molar-refractivity contribution in [2.75, 3.05) is 20.2 Å². The maximum atomic E-state index is 13.0. The molecule has 1 aliphatic heterocycles. The monoisotopic (exact) mass is 265 g/mol. The summed E-state index contributed by atoms with van der Waals surface area (Å²) in [5, 5.41) is 0. The van der Waals surface area contributed by atoms with Crippen LogP contribution in [0.2, 0.25) is 0 Å². The highest BCUT2D eigenvalue weighted by Gasteiger charge is 2.31. The Kier molecular flexibility index (Phi) is 4.27. The molecule has 1 atom stereocenters. The molecule has 0 amide bonds. The van der Waals surface area contributed by atoms with Crippen molar-refractivity contribution in [2.45, 2.75) is 18.9 Å². The molecule has 0 bridgehead atoms. The fourth-order valence-electron chi connectivity index (χ4n) is 2.28. The van der Waals surface area contributed by atoms with Crippen LogP contribution in [0.5, 0.6) is 0 Å². The molecule has 0 radical (unpaired) electrons. The van der Waals surface area contributed by atoms with E-state index in [1.165, 1.54) is 19.2 Å². The van der Waals surface area contributed by atoms with Crippen LogP contribution in [0.3, 0.4) is 0 Å². The molecule has 0 saturated carbocycles. The van der Waals surface area contributed by atoms with Crippen LogP contribution in [0.25, 0.3) is 0 Å². The first-order valence-corrected chi connectivity index (χ1v) is 6.21. The number of piperidine rings is 1. The van der Waals surface area contributed by atoms with E-state index in [-0.39, 0.29) is 17.6 Å². The maximum Gasteiger partial charge on any atom is 0.327 e. The molecule has 5 heteroatoms. The topological polar surface area (TPSA) is 46.6 Å². The number of rotatable bonds is 3. The molecule has 1 saturated heterocycles. The SMILES string of the molecule is COC(=O)[C@H](c1ccc(F)cc1)N1CCC(=O)CC1. The molecular weight excluding hydrogens is 249 g/mol. The summed E-state index contributed by atoms with van der Waals surface area (Å²) in [6.07, 6.45) is 0.878. The van der Waals surface area contributed by atoms with Gasteiger partial charge in [-0.1, -0.05) is 12.1 Å². The molecule has 0 spiro atoms. The third kappa shape index (κ3) is 3.17. The minimum Gasteiger partial charge on any atom is -0.468 e. The molecule has 1 aromatic carbocycles. The summed E-state index contributed by atoms with van der Waals surface area (Å²) in [6, 6.07) is 5.22. The summed E-state index contributed by atoms with van der Waals surface area (Å²) in [7, 11) is 1.33. The first-order chi connectivity index (χ1) is 9.11. The molecule has 0 unspecified atom stereocenters. The molecule has 19 heavy (non-hydrogen) atoms. The van der Waals surface area contributed by atoms with Crippen molar-refractivity contribution in [3.05, 3.63) is 35.6 Å². The van der Waals surface area contributed by atoms with E-state index in [1.807, 2.05) is 4.90 Å². The van der Waals surface area contributed by atoms with Crippen molar-refractivity contribution in [1.82, 2.24) is 4.90 Å². The lowest BCUT2D eigenvalue weighted by molar-refractivity contribution is -0.148. The summed E-state index contributed by atoms with van der Waals surface area (Å²) >= 11 is 0. The second-order valence-electron chi connectivity index (χ2n) is 4.55. The van der Waals surface area contributed by atoms with Gasteiger partial charge in [0.05, 0.1) is 7.11 Å². The highest BCUT2D eigenvalue weighted by atomic mass is 19.1. The lowest BCUT2D eigenvalue weighted by Crippen LogP contribution is -2.40. The number of carbonyl (C=O) groups excluding carboxylic acids is 2. The molecule has 102 valence electrons. The van der Waals surface area contributed by atoms with E-state index in [0.717, 1.165) is 0 Å². The molecule has 1 aliphatic rings. The first kappa shape index (κ1) is 13.7. The van der Waals surface area contributed by atoms with Crippen LogP contribution < -0.4 is 0 Å². The average Bonchev–Trinajstić information content (AvgIpc) is 2.43. The molecule has 1 aromatic rings. The van der Waals surface area contributed by atoms with Crippen molar-refractivity contribution in [2.24, 2.45) is 0 Å². The van der Waals surface area contributed by atoms with Crippen LogP contribution in [0, 0.1) is 5.82 Å². The number of nitrogens with zero attached hydrogens (tertiary/aromatic N) is 1. The Labute approximate surface area is 111 Å². The van der Waals surface area contributed by atoms with Crippen molar-refractivity contribution >= 4 is 11.8 Å². The van der Waals surface area contributed by atoms with Gasteiger partial charge >= 0.3 is 5.97 Å². The lowest BCUT2D eigenvalue weighted by Gasteiger charge is -2.32. The third-order valence-corrected chi connectivity index (χ3v) is 3.33. The van der Waals surface area contributed by atoms with E-state index in [2.05, 4.69) is 0 Å². The number of benzene rings is 1. The van der Waals surface area contributed by atoms with Gasteiger partial charge in [0.25, 0.3) is 0 Å². The number of hydrogen-bond acceptors (Lipinski definition) is 4. The molecule has 0 aliphatic carbocycles. The number of carbonyl (C=O) groups is 2. The van der Waals surface area contributed by atoms with E-state index in [4.69, 9.17) is 4.74 Å². The standard InChI is InChI=1S/C14H16FNO3/c1-19-14(18)13(10-2-4-11(15)5-3-10)16-8-6-12(17)7-9-16/h2-5,13H,6-9H2,1H3/t13-/m0/s1. The first-order valence-electron chi connectivity index (χ1n) is 6.21. The van der Waals surface area contributed by atoms with Crippen molar-refractivity contribution < 1.29 is 18.7 Å². The Morgan fingerprint density at radius 3 is 2.37 bits per heavy atom. The Morgan fingerprint density at radius 1 is 1.26 bits per heavy atom. The second-order valence-corrected chi connectivity index (χ2v) is 4.55. The van der Waals surface area contributed by atoms with Crippen LogP contribution >= 0.6 is 0 Å². The predicted octanol–water partition coefficient (Wildman–Crippen LogP) is 1.70. The molecule has 2 rings (SSSR count).